The summed E-state index contributed by atoms with van der Waals surface area (Å²) in [5, 5.41) is 8.83. The van der Waals surface area contributed by atoms with E-state index < -0.39 is 23.8 Å². The Morgan fingerprint density at radius 1 is 1.10 bits per heavy atom. The SMILES string of the molecule is C=CC(=O)Nc1cc(-n2c(NC(=O)c3ccc(C(C)F)s3)nc3cc(CN[C@@H](C)C(C)(C)C)ccc32)ccc1F. The molecule has 0 aliphatic carbocycles. The lowest BCUT2D eigenvalue weighted by atomic mass is 9.88. The van der Waals surface area contributed by atoms with Crippen LogP contribution in [0.4, 0.5) is 20.4 Å². The van der Waals surface area contributed by atoms with Crippen LogP contribution in [-0.2, 0) is 11.3 Å². The largest absolute Gasteiger partial charge is 0.320 e. The second-order valence-electron chi connectivity index (χ2n) is 10.7. The van der Waals surface area contributed by atoms with Gasteiger partial charge in [0.25, 0.3) is 5.91 Å². The minimum absolute atomic E-state index is 0.0432. The molecule has 4 rings (SSSR count). The van der Waals surface area contributed by atoms with Crippen molar-refractivity contribution in [1.82, 2.24) is 14.9 Å². The van der Waals surface area contributed by atoms with Crippen LogP contribution in [0.15, 0.2) is 61.2 Å². The van der Waals surface area contributed by atoms with E-state index in [1.54, 1.807) is 16.7 Å². The molecule has 2 aromatic carbocycles. The van der Waals surface area contributed by atoms with Crippen molar-refractivity contribution in [2.45, 2.75) is 53.4 Å². The lowest BCUT2D eigenvalue weighted by molar-refractivity contribution is -0.111. The average Bonchev–Trinajstić information content (AvgIpc) is 3.53. The molecule has 0 radical (unpaired) electrons. The Morgan fingerprint density at radius 2 is 1.85 bits per heavy atom. The highest BCUT2D eigenvalue weighted by molar-refractivity contribution is 7.14. The molecule has 210 valence electrons. The van der Waals surface area contributed by atoms with Gasteiger partial charge < -0.3 is 10.6 Å². The Kier molecular flexibility index (Phi) is 8.51. The maximum Gasteiger partial charge on any atom is 0.268 e. The topological polar surface area (TPSA) is 88.1 Å². The normalized spacial score (nSPS) is 13.2. The number of carbonyl (C=O) groups excluding carboxylic acids is 2. The third-order valence-corrected chi connectivity index (χ3v) is 7.99. The lowest BCUT2D eigenvalue weighted by Gasteiger charge is -2.28. The second-order valence-corrected chi connectivity index (χ2v) is 11.8. The third kappa shape index (κ3) is 6.46. The number of nitrogens with zero attached hydrogens (tertiary/aromatic N) is 2. The van der Waals surface area contributed by atoms with Crippen LogP contribution in [0.1, 0.15) is 60.9 Å². The number of alkyl halides is 1. The molecular formula is C30H33F2N5O2S. The molecule has 2 amide bonds. The number of imidazole rings is 1. The van der Waals surface area contributed by atoms with Gasteiger partial charge in [0.05, 0.1) is 27.3 Å². The van der Waals surface area contributed by atoms with Gasteiger partial charge in [0, 0.05) is 17.5 Å². The smallest absolute Gasteiger partial charge is 0.268 e. The molecule has 4 aromatic rings. The first-order valence-corrected chi connectivity index (χ1v) is 13.7. The van der Waals surface area contributed by atoms with Crippen molar-refractivity contribution < 1.29 is 18.4 Å². The quantitative estimate of drug-likeness (QED) is 0.188. The number of thiophene rings is 1. The predicted octanol–water partition coefficient (Wildman–Crippen LogP) is 7.16. The number of rotatable bonds is 9. The first-order valence-electron chi connectivity index (χ1n) is 12.9. The van der Waals surface area contributed by atoms with Crippen LogP contribution in [0.3, 0.4) is 0 Å². The maximum atomic E-state index is 14.5. The number of anilines is 2. The summed E-state index contributed by atoms with van der Waals surface area (Å²) in [6.07, 6.45) is -0.138. The van der Waals surface area contributed by atoms with Gasteiger partial charge in [-0.05, 0) is 73.4 Å². The van der Waals surface area contributed by atoms with E-state index in [-0.39, 0.29) is 23.1 Å². The molecule has 0 saturated heterocycles. The van der Waals surface area contributed by atoms with E-state index in [1.807, 2.05) is 18.2 Å². The van der Waals surface area contributed by atoms with Gasteiger partial charge in [-0.3, -0.25) is 19.5 Å². The molecule has 1 unspecified atom stereocenters. The molecule has 2 atom stereocenters. The van der Waals surface area contributed by atoms with E-state index >= 15 is 0 Å². The van der Waals surface area contributed by atoms with E-state index in [2.05, 4.69) is 50.2 Å². The monoisotopic (exact) mass is 565 g/mol. The fourth-order valence-electron chi connectivity index (χ4n) is 3.94. The van der Waals surface area contributed by atoms with Crippen LogP contribution in [0.2, 0.25) is 0 Å². The first-order chi connectivity index (χ1) is 18.9. The predicted molar refractivity (Wildman–Crippen MR) is 157 cm³/mol. The Labute approximate surface area is 236 Å². The number of nitrogens with one attached hydrogen (secondary N) is 3. The summed E-state index contributed by atoms with van der Waals surface area (Å²) >= 11 is 1.07. The highest BCUT2D eigenvalue weighted by Crippen LogP contribution is 2.30. The summed E-state index contributed by atoms with van der Waals surface area (Å²) in [5.41, 5.74) is 2.80. The molecule has 0 aliphatic heterocycles. The van der Waals surface area contributed by atoms with Crippen LogP contribution in [0.5, 0.6) is 0 Å². The summed E-state index contributed by atoms with van der Waals surface area (Å²) in [6.45, 7) is 14.1. The van der Waals surface area contributed by atoms with Crippen molar-refractivity contribution >= 4 is 45.8 Å². The molecule has 10 heteroatoms. The number of halogens is 2. The van der Waals surface area contributed by atoms with Crippen molar-refractivity contribution in [1.29, 1.82) is 0 Å². The Bertz CT molecular complexity index is 1570. The standard InChI is InChI=1S/C30H33F2N5O2S/c1-7-27(38)34-22-15-20(9-10-21(22)32)37-24-11-8-19(16-33-18(3)30(4,5)6)14-23(24)35-29(37)36-28(39)26-13-12-25(40-26)17(2)31/h7-15,17-18,33H,1,16H2,2-6H3,(H,34,38)(H,35,36,39)/t17?,18-/m0/s1. The number of aromatic nitrogens is 2. The van der Waals surface area contributed by atoms with Gasteiger partial charge in [0.15, 0.2) is 0 Å². The van der Waals surface area contributed by atoms with Crippen LogP contribution in [0, 0.1) is 11.2 Å². The van der Waals surface area contributed by atoms with Gasteiger partial charge in [0.2, 0.25) is 11.9 Å². The molecule has 0 saturated carbocycles. The second kappa shape index (κ2) is 11.7. The highest BCUT2D eigenvalue weighted by atomic mass is 32.1. The van der Waals surface area contributed by atoms with Gasteiger partial charge in [0.1, 0.15) is 12.0 Å². The Morgan fingerprint density at radius 3 is 2.50 bits per heavy atom. The average molecular weight is 566 g/mol. The van der Waals surface area contributed by atoms with Crippen molar-refractivity contribution in [3.05, 3.63) is 82.3 Å². The zero-order chi connectivity index (χ0) is 29.2. The van der Waals surface area contributed by atoms with Gasteiger partial charge in [-0.2, -0.15) is 0 Å². The highest BCUT2D eigenvalue weighted by Gasteiger charge is 2.21. The molecule has 0 aliphatic rings. The van der Waals surface area contributed by atoms with Crippen LogP contribution in [0.25, 0.3) is 16.7 Å². The number of hydrogen-bond acceptors (Lipinski definition) is 5. The van der Waals surface area contributed by atoms with E-state index in [4.69, 9.17) is 4.98 Å². The summed E-state index contributed by atoms with van der Waals surface area (Å²) in [4.78, 5) is 30.5. The number of hydrogen-bond donors (Lipinski definition) is 3. The summed E-state index contributed by atoms with van der Waals surface area (Å²) in [6, 6.07) is 13.4. The van der Waals surface area contributed by atoms with Crippen LogP contribution < -0.4 is 16.0 Å². The van der Waals surface area contributed by atoms with Crippen molar-refractivity contribution in [3.8, 4) is 5.69 Å². The fraction of sp³-hybridized carbons (Fsp3) is 0.300. The van der Waals surface area contributed by atoms with Crippen molar-refractivity contribution in [3.63, 3.8) is 0 Å². The van der Waals surface area contributed by atoms with E-state index in [0.29, 0.717) is 33.0 Å². The number of benzene rings is 2. The molecular weight excluding hydrogens is 532 g/mol. The molecule has 0 spiro atoms. The van der Waals surface area contributed by atoms with E-state index in [1.165, 1.54) is 25.1 Å². The number of carbonyl (C=O) groups is 2. The Balaban J connectivity index is 1.76. The molecule has 40 heavy (non-hydrogen) atoms. The minimum Gasteiger partial charge on any atom is -0.320 e. The molecule has 2 heterocycles. The van der Waals surface area contributed by atoms with Gasteiger partial charge in [-0.15, -0.1) is 11.3 Å². The molecule has 2 aromatic heterocycles. The van der Waals surface area contributed by atoms with Crippen molar-refractivity contribution in [2.75, 3.05) is 10.6 Å². The first kappa shape index (κ1) is 29.1. The minimum atomic E-state index is -1.19. The van der Waals surface area contributed by atoms with E-state index in [0.717, 1.165) is 23.0 Å². The van der Waals surface area contributed by atoms with E-state index in [9.17, 15) is 18.4 Å². The fourth-order valence-corrected chi connectivity index (χ4v) is 4.77. The number of amides is 2. The van der Waals surface area contributed by atoms with Gasteiger partial charge in [-0.25, -0.2) is 13.8 Å². The molecule has 3 N–H and O–H groups in total. The zero-order valence-corrected chi connectivity index (χ0v) is 24.0. The molecule has 0 fully saturated rings. The van der Waals surface area contributed by atoms with Crippen molar-refractivity contribution in [2.24, 2.45) is 5.41 Å². The van der Waals surface area contributed by atoms with Gasteiger partial charge in [-0.1, -0.05) is 33.4 Å². The van der Waals surface area contributed by atoms with Gasteiger partial charge >= 0.3 is 0 Å². The number of fused-ring (bicyclic) bond motifs is 1. The van der Waals surface area contributed by atoms with Crippen LogP contribution >= 0.6 is 11.3 Å². The summed E-state index contributed by atoms with van der Waals surface area (Å²) in [5.74, 6) is -1.43. The zero-order valence-electron chi connectivity index (χ0n) is 23.1. The lowest BCUT2D eigenvalue weighted by Crippen LogP contribution is -2.37. The van der Waals surface area contributed by atoms with Crippen LogP contribution in [-0.4, -0.2) is 27.4 Å². The summed E-state index contributed by atoms with van der Waals surface area (Å²) in [7, 11) is 0. The Hall–Kier alpha value is -3.89. The third-order valence-electron chi connectivity index (χ3n) is 6.75. The summed E-state index contributed by atoms with van der Waals surface area (Å²) < 4.78 is 30.0. The molecule has 7 nitrogen and oxygen atoms in total. The molecule has 0 bridgehead atoms. The maximum absolute atomic E-state index is 14.5.